The third-order valence-electron chi connectivity index (χ3n) is 6.62. The van der Waals surface area contributed by atoms with E-state index in [1.54, 1.807) is 0 Å². The van der Waals surface area contributed by atoms with Gasteiger partial charge in [0.15, 0.2) is 0 Å². The Morgan fingerprint density at radius 2 is 1.32 bits per heavy atom. The molecule has 0 spiro atoms. The van der Waals surface area contributed by atoms with E-state index in [2.05, 4.69) is 127 Å². The van der Waals surface area contributed by atoms with E-state index in [1.807, 2.05) is 0 Å². The first-order valence-corrected chi connectivity index (χ1v) is 14.2. The van der Waals surface area contributed by atoms with Gasteiger partial charge in [0.05, 0.1) is 26.0 Å². The van der Waals surface area contributed by atoms with Gasteiger partial charge in [0.1, 0.15) is 0 Å². The molecule has 0 N–H and O–H groups in total. The van der Waals surface area contributed by atoms with E-state index in [-0.39, 0.29) is 6.04 Å². The van der Waals surface area contributed by atoms with Crippen molar-refractivity contribution in [1.82, 2.24) is 9.34 Å². The molecule has 0 saturated heterocycles. The lowest BCUT2D eigenvalue weighted by molar-refractivity contribution is 0.449. The Balaban J connectivity index is 1.74. The second-order valence-corrected chi connectivity index (χ2v) is 11.5. The minimum Gasteiger partial charge on any atom is -0.331 e. The van der Waals surface area contributed by atoms with Gasteiger partial charge in [-0.25, -0.2) is 0 Å². The molecule has 0 aliphatic carbocycles. The van der Waals surface area contributed by atoms with Crippen molar-refractivity contribution in [2.45, 2.75) is 52.1 Å². The summed E-state index contributed by atoms with van der Waals surface area (Å²) < 4.78 is 5.34. The third-order valence-corrected chi connectivity index (χ3v) is 9.89. The molecule has 0 aromatic heterocycles. The lowest BCUT2D eigenvalue weighted by Gasteiger charge is -2.40. The zero-order valence-corrected chi connectivity index (χ0v) is 22.2. The number of benzene rings is 3. The highest BCUT2D eigenvalue weighted by Crippen LogP contribution is 2.61. The Kier molecular flexibility index (Phi) is 8.53. The van der Waals surface area contributed by atoms with Crippen molar-refractivity contribution in [1.29, 1.82) is 0 Å². The smallest absolute Gasteiger partial charge is 0.0959 e. The van der Waals surface area contributed by atoms with Crippen LogP contribution in [-0.2, 0) is 0 Å². The van der Waals surface area contributed by atoms with E-state index in [0.717, 1.165) is 25.4 Å². The molecule has 0 saturated carbocycles. The summed E-state index contributed by atoms with van der Waals surface area (Å²) in [5, 5.41) is 0. The molecular formula is C30H35N2PS. The van der Waals surface area contributed by atoms with Crippen LogP contribution in [0.4, 0.5) is 0 Å². The number of nitrogens with zero attached hydrogens (tertiary/aromatic N) is 2. The van der Waals surface area contributed by atoms with E-state index in [1.165, 1.54) is 27.3 Å². The van der Waals surface area contributed by atoms with E-state index in [9.17, 15) is 0 Å². The van der Waals surface area contributed by atoms with Gasteiger partial charge in [-0.2, -0.15) is 0 Å². The summed E-state index contributed by atoms with van der Waals surface area (Å²) in [6, 6.07) is 33.3. The van der Waals surface area contributed by atoms with Gasteiger partial charge in [0.2, 0.25) is 0 Å². The molecular weight excluding hydrogens is 451 g/mol. The van der Waals surface area contributed by atoms with Crippen LogP contribution in [0.15, 0.2) is 97.2 Å². The van der Waals surface area contributed by atoms with E-state index < -0.39 is 8.22 Å². The molecule has 176 valence electrons. The molecule has 1 unspecified atom stereocenters. The fourth-order valence-electron chi connectivity index (χ4n) is 4.60. The van der Waals surface area contributed by atoms with Crippen molar-refractivity contribution in [3.8, 4) is 0 Å². The molecule has 3 aromatic rings. The molecule has 3 aromatic carbocycles. The predicted octanol–water partition coefficient (Wildman–Crippen LogP) is 9.00. The van der Waals surface area contributed by atoms with Crippen molar-refractivity contribution in [2.24, 2.45) is 0 Å². The van der Waals surface area contributed by atoms with Gasteiger partial charge >= 0.3 is 0 Å². The van der Waals surface area contributed by atoms with Gasteiger partial charge in [-0.1, -0.05) is 110 Å². The Morgan fingerprint density at radius 3 is 1.88 bits per heavy atom. The van der Waals surface area contributed by atoms with E-state index >= 15 is 0 Å². The lowest BCUT2D eigenvalue weighted by atomic mass is 10.1. The van der Waals surface area contributed by atoms with E-state index in [4.69, 9.17) is 12.2 Å². The van der Waals surface area contributed by atoms with Crippen LogP contribution in [-0.4, -0.2) is 20.4 Å². The highest BCUT2D eigenvalue weighted by Gasteiger charge is 2.38. The molecule has 4 rings (SSSR count). The fourth-order valence-corrected chi connectivity index (χ4v) is 7.58. The van der Waals surface area contributed by atoms with Crippen LogP contribution < -0.4 is 0 Å². The van der Waals surface area contributed by atoms with Gasteiger partial charge in [-0.3, -0.25) is 0 Å². The second-order valence-electron chi connectivity index (χ2n) is 8.87. The van der Waals surface area contributed by atoms with Crippen LogP contribution in [0.3, 0.4) is 0 Å². The number of thiocarbonyl (C=S) groups is 1. The maximum absolute atomic E-state index is 5.58. The normalized spacial score (nSPS) is 17.4. The quantitative estimate of drug-likeness (QED) is 0.208. The molecule has 0 radical (unpaired) electrons. The zero-order valence-electron chi connectivity index (χ0n) is 20.5. The third kappa shape index (κ3) is 5.59. The molecule has 1 aliphatic rings. The Labute approximate surface area is 212 Å². The second kappa shape index (κ2) is 11.8. The summed E-state index contributed by atoms with van der Waals surface area (Å²) >= 11 is 5.58. The largest absolute Gasteiger partial charge is 0.331 e. The average molecular weight is 487 g/mol. The summed E-state index contributed by atoms with van der Waals surface area (Å²) in [4.78, 5) is 1.19. The Bertz CT molecular complexity index is 1080. The Morgan fingerprint density at radius 1 is 0.794 bits per heavy atom. The average Bonchev–Trinajstić information content (AvgIpc) is 3.28. The highest BCUT2D eigenvalue weighted by atomic mass is 32.1. The first kappa shape index (κ1) is 24.6. The van der Waals surface area contributed by atoms with Crippen LogP contribution >= 0.6 is 20.4 Å². The van der Waals surface area contributed by atoms with Crippen molar-refractivity contribution < 1.29 is 0 Å². The lowest BCUT2D eigenvalue weighted by Crippen LogP contribution is -2.24. The topological polar surface area (TPSA) is 6.48 Å². The monoisotopic (exact) mass is 486 g/mol. The number of hydrogen-bond donors (Lipinski definition) is 0. The summed E-state index contributed by atoms with van der Waals surface area (Å²) in [7, 11) is -0.582. The maximum atomic E-state index is 5.58. The summed E-state index contributed by atoms with van der Waals surface area (Å²) in [5.74, 6) is 0. The van der Waals surface area contributed by atoms with Gasteiger partial charge in [-0.05, 0) is 54.7 Å². The van der Waals surface area contributed by atoms with Crippen molar-refractivity contribution >= 4 is 31.0 Å². The number of hydrogen-bond acceptors (Lipinski definition) is 3. The molecule has 2 nitrogen and oxygen atoms in total. The minimum atomic E-state index is -0.582. The van der Waals surface area contributed by atoms with Crippen molar-refractivity contribution in [3.05, 3.63) is 114 Å². The van der Waals surface area contributed by atoms with Crippen LogP contribution in [0.2, 0.25) is 0 Å². The first-order valence-electron chi connectivity index (χ1n) is 12.3. The molecule has 0 bridgehead atoms. The predicted molar refractivity (Wildman–Crippen MR) is 152 cm³/mol. The molecule has 1 heterocycles. The molecule has 1 aliphatic heterocycles. The standard InChI is InChI=1S/C30H35N2PS/c1-4-29(34)21-14-22-33-31(24(2)26-15-8-5-9-16-26)23-30(28-19-12-7-13-20-28)32(33)25(3)27-17-10-6-11-18-27/h5-13,15-20,23-25H,4,14,21-22H2,1-3H3/t24-,25-,33?/m0/s1. The first-order chi connectivity index (χ1) is 16.6. The van der Waals surface area contributed by atoms with Crippen LogP contribution in [0, 0.1) is 0 Å². The molecule has 4 heteroatoms. The SMILES string of the molecule is CCC(=S)CCCP1N([C@@H](C)c2ccccc2)C=C(c2ccccc2)N1[C@@H](C)c1ccccc1. The maximum Gasteiger partial charge on any atom is 0.0959 e. The number of rotatable bonds is 10. The minimum absolute atomic E-state index is 0.282. The van der Waals surface area contributed by atoms with Crippen LogP contribution in [0.25, 0.3) is 5.70 Å². The summed E-state index contributed by atoms with van der Waals surface area (Å²) in [6.07, 6.45) is 6.72. The molecule has 3 atom stereocenters. The van der Waals surface area contributed by atoms with Crippen LogP contribution in [0.1, 0.15) is 68.8 Å². The van der Waals surface area contributed by atoms with Gasteiger partial charge in [-0.15, -0.1) is 0 Å². The Hall–Kier alpha value is -2.48. The van der Waals surface area contributed by atoms with Crippen molar-refractivity contribution in [2.75, 3.05) is 6.16 Å². The summed E-state index contributed by atoms with van der Waals surface area (Å²) in [6.45, 7) is 6.87. The fraction of sp³-hybridized carbons (Fsp3) is 0.300. The zero-order chi connectivity index (χ0) is 23.9. The van der Waals surface area contributed by atoms with Gasteiger partial charge in [0, 0.05) is 12.4 Å². The van der Waals surface area contributed by atoms with Crippen LogP contribution in [0.5, 0.6) is 0 Å². The van der Waals surface area contributed by atoms with Gasteiger partial charge in [0.25, 0.3) is 0 Å². The van der Waals surface area contributed by atoms with Gasteiger partial charge < -0.3 is 9.34 Å². The molecule has 0 amide bonds. The van der Waals surface area contributed by atoms with E-state index in [0.29, 0.717) is 6.04 Å². The molecule has 0 fully saturated rings. The van der Waals surface area contributed by atoms with Crippen molar-refractivity contribution in [3.63, 3.8) is 0 Å². The summed E-state index contributed by atoms with van der Waals surface area (Å²) in [5.41, 5.74) is 5.32. The molecule has 34 heavy (non-hydrogen) atoms. The highest BCUT2D eigenvalue weighted by molar-refractivity contribution is 7.80.